The van der Waals surface area contributed by atoms with Crippen molar-refractivity contribution in [2.45, 2.75) is 33.1 Å². The number of amides is 1. The lowest BCUT2D eigenvalue weighted by atomic mass is 10.1. The quantitative estimate of drug-likeness (QED) is 0.327. The number of carbonyl (C=O) groups is 1. The van der Waals surface area contributed by atoms with Gasteiger partial charge >= 0.3 is 0 Å². The minimum absolute atomic E-state index is 0.241. The minimum Gasteiger partial charge on any atom is -0.361 e. The van der Waals surface area contributed by atoms with E-state index in [2.05, 4.69) is 23.1 Å². The SMILES string of the molecule is CCCCCNC(=S)NNC(=O)/C=C/c1cccc(C)c1. The van der Waals surface area contributed by atoms with E-state index < -0.39 is 0 Å². The molecule has 0 atom stereocenters. The molecule has 5 heteroatoms. The van der Waals surface area contributed by atoms with Crippen LogP contribution >= 0.6 is 12.2 Å². The molecule has 0 radical (unpaired) electrons. The summed E-state index contributed by atoms with van der Waals surface area (Å²) in [4.78, 5) is 11.6. The molecule has 0 aliphatic rings. The van der Waals surface area contributed by atoms with Crippen molar-refractivity contribution in [3.05, 3.63) is 41.5 Å². The molecule has 0 fully saturated rings. The molecule has 0 aliphatic carbocycles. The topological polar surface area (TPSA) is 53.2 Å². The second kappa shape index (κ2) is 9.94. The zero-order valence-electron chi connectivity index (χ0n) is 12.6. The van der Waals surface area contributed by atoms with Gasteiger partial charge < -0.3 is 5.32 Å². The molecule has 3 N–H and O–H groups in total. The first kappa shape index (κ1) is 17.2. The number of aryl methyl sites for hydroxylation is 1. The molecule has 0 unspecified atom stereocenters. The number of hydrogen-bond acceptors (Lipinski definition) is 2. The zero-order valence-corrected chi connectivity index (χ0v) is 13.4. The van der Waals surface area contributed by atoms with Crippen LogP contribution in [0.4, 0.5) is 0 Å². The van der Waals surface area contributed by atoms with Crippen LogP contribution in [0.25, 0.3) is 6.08 Å². The van der Waals surface area contributed by atoms with Gasteiger partial charge in [0.25, 0.3) is 5.91 Å². The lowest BCUT2D eigenvalue weighted by Crippen LogP contribution is -2.46. The summed E-state index contributed by atoms with van der Waals surface area (Å²) in [5, 5.41) is 3.47. The second-order valence-electron chi connectivity index (χ2n) is 4.82. The van der Waals surface area contributed by atoms with E-state index in [0.29, 0.717) is 5.11 Å². The van der Waals surface area contributed by atoms with Crippen LogP contribution in [0, 0.1) is 6.92 Å². The van der Waals surface area contributed by atoms with Gasteiger partial charge in [-0.15, -0.1) is 0 Å². The monoisotopic (exact) mass is 305 g/mol. The summed E-state index contributed by atoms with van der Waals surface area (Å²) in [5.74, 6) is -0.241. The summed E-state index contributed by atoms with van der Waals surface area (Å²) in [6.07, 6.45) is 6.65. The zero-order chi connectivity index (χ0) is 15.5. The molecule has 0 saturated carbocycles. The molecule has 1 amide bonds. The van der Waals surface area contributed by atoms with Crippen molar-refractivity contribution in [3.63, 3.8) is 0 Å². The summed E-state index contributed by atoms with van der Waals surface area (Å²) >= 11 is 5.06. The Hall–Kier alpha value is -1.88. The Morgan fingerprint density at radius 3 is 2.81 bits per heavy atom. The Balaban J connectivity index is 2.26. The third kappa shape index (κ3) is 8.09. The Bertz CT molecular complexity index is 500. The first-order valence-corrected chi connectivity index (χ1v) is 7.61. The fourth-order valence-electron chi connectivity index (χ4n) is 1.73. The van der Waals surface area contributed by atoms with Gasteiger partial charge in [0.05, 0.1) is 0 Å². The highest BCUT2D eigenvalue weighted by molar-refractivity contribution is 7.80. The van der Waals surface area contributed by atoms with E-state index in [0.717, 1.165) is 24.1 Å². The number of benzene rings is 1. The van der Waals surface area contributed by atoms with Crippen molar-refractivity contribution in [2.75, 3.05) is 6.54 Å². The van der Waals surface area contributed by atoms with Crippen LogP contribution in [-0.2, 0) is 4.79 Å². The molecule has 0 aromatic heterocycles. The highest BCUT2D eigenvalue weighted by atomic mass is 32.1. The fourth-order valence-corrected chi connectivity index (χ4v) is 1.88. The molecule has 0 spiro atoms. The Kier molecular flexibility index (Phi) is 8.12. The molecule has 4 nitrogen and oxygen atoms in total. The maximum atomic E-state index is 11.6. The second-order valence-corrected chi connectivity index (χ2v) is 5.23. The van der Waals surface area contributed by atoms with E-state index in [1.165, 1.54) is 18.9 Å². The Labute approximate surface area is 132 Å². The number of nitrogens with one attached hydrogen (secondary N) is 3. The van der Waals surface area contributed by atoms with Crippen LogP contribution in [0.15, 0.2) is 30.3 Å². The van der Waals surface area contributed by atoms with Gasteiger partial charge in [-0.25, -0.2) is 0 Å². The molecule has 1 rings (SSSR count). The van der Waals surface area contributed by atoms with Crippen molar-refractivity contribution in [3.8, 4) is 0 Å². The van der Waals surface area contributed by atoms with Crippen molar-refractivity contribution in [1.82, 2.24) is 16.2 Å². The average molecular weight is 305 g/mol. The normalized spacial score (nSPS) is 10.4. The molecule has 0 aliphatic heterocycles. The van der Waals surface area contributed by atoms with Crippen LogP contribution in [0.5, 0.6) is 0 Å². The van der Waals surface area contributed by atoms with Crippen LogP contribution in [0.3, 0.4) is 0 Å². The number of rotatable bonds is 6. The van der Waals surface area contributed by atoms with Gasteiger partial charge in [0.1, 0.15) is 0 Å². The van der Waals surface area contributed by atoms with Gasteiger partial charge in [-0.1, -0.05) is 49.6 Å². The van der Waals surface area contributed by atoms with Crippen LogP contribution in [-0.4, -0.2) is 17.6 Å². The van der Waals surface area contributed by atoms with Gasteiger partial charge in [-0.05, 0) is 37.2 Å². The first-order valence-electron chi connectivity index (χ1n) is 7.20. The number of hydrogen-bond donors (Lipinski definition) is 3. The van der Waals surface area contributed by atoms with E-state index >= 15 is 0 Å². The number of carbonyl (C=O) groups excluding carboxylic acids is 1. The van der Waals surface area contributed by atoms with Crippen molar-refractivity contribution in [2.24, 2.45) is 0 Å². The fraction of sp³-hybridized carbons (Fsp3) is 0.375. The van der Waals surface area contributed by atoms with E-state index in [1.807, 2.05) is 31.2 Å². The van der Waals surface area contributed by atoms with Crippen molar-refractivity contribution < 1.29 is 4.79 Å². The van der Waals surface area contributed by atoms with Crippen LogP contribution in [0.2, 0.25) is 0 Å². The van der Waals surface area contributed by atoms with E-state index in [1.54, 1.807) is 6.08 Å². The Morgan fingerprint density at radius 2 is 2.10 bits per heavy atom. The molecule has 1 aromatic rings. The molecule has 1 aromatic carbocycles. The van der Waals surface area contributed by atoms with Gasteiger partial charge in [0, 0.05) is 12.6 Å². The number of thiocarbonyl (C=S) groups is 1. The number of unbranched alkanes of at least 4 members (excludes halogenated alkanes) is 2. The first-order chi connectivity index (χ1) is 10.1. The summed E-state index contributed by atoms with van der Waals surface area (Å²) in [6.45, 7) is 4.98. The average Bonchev–Trinajstić information content (AvgIpc) is 2.47. The van der Waals surface area contributed by atoms with Crippen LogP contribution < -0.4 is 16.2 Å². The molecular formula is C16H23N3OS. The van der Waals surface area contributed by atoms with Gasteiger partial charge in [0.15, 0.2) is 5.11 Å². The molecule has 0 bridgehead atoms. The maximum absolute atomic E-state index is 11.6. The molecule has 114 valence electrons. The molecule has 0 saturated heterocycles. The smallest absolute Gasteiger partial charge is 0.262 e. The van der Waals surface area contributed by atoms with Crippen LogP contribution in [0.1, 0.15) is 37.3 Å². The summed E-state index contributed by atoms with van der Waals surface area (Å²) in [5.41, 5.74) is 7.36. The predicted octanol–water partition coefficient (Wildman–Crippen LogP) is 2.69. The third-order valence-electron chi connectivity index (χ3n) is 2.83. The maximum Gasteiger partial charge on any atom is 0.262 e. The van der Waals surface area contributed by atoms with Gasteiger partial charge in [0.2, 0.25) is 0 Å². The molecular weight excluding hydrogens is 282 g/mol. The Morgan fingerprint density at radius 1 is 1.29 bits per heavy atom. The predicted molar refractivity (Wildman–Crippen MR) is 91.6 cm³/mol. The van der Waals surface area contributed by atoms with Crippen molar-refractivity contribution >= 4 is 29.3 Å². The molecule has 21 heavy (non-hydrogen) atoms. The lowest BCUT2D eigenvalue weighted by molar-refractivity contribution is -0.116. The van der Waals surface area contributed by atoms with E-state index in [-0.39, 0.29) is 5.91 Å². The summed E-state index contributed by atoms with van der Waals surface area (Å²) < 4.78 is 0. The standard InChI is InChI=1S/C16H23N3OS/c1-3-4-5-11-17-16(21)19-18-15(20)10-9-14-8-6-7-13(2)12-14/h6-10,12H,3-5,11H2,1-2H3,(H,18,20)(H2,17,19,21)/b10-9+. The summed E-state index contributed by atoms with van der Waals surface area (Å²) in [6, 6.07) is 7.93. The highest BCUT2D eigenvalue weighted by Gasteiger charge is 1.97. The minimum atomic E-state index is -0.241. The van der Waals surface area contributed by atoms with Gasteiger partial charge in [-0.2, -0.15) is 0 Å². The van der Waals surface area contributed by atoms with Crippen molar-refractivity contribution in [1.29, 1.82) is 0 Å². The molecule has 0 heterocycles. The number of hydrazine groups is 1. The lowest BCUT2D eigenvalue weighted by Gasteiger charge is -2.10. The third-order valence-corrected chi connectivity index (χ3v) is 3.08. The highest BCUT2D eigenvalue weighted by Crippen LogP contribution is 2.05. The largest absolute Gasteiger partial charge is 0.361 e. The summed E-state index contributed by atoms with van der Waals surface area (Å²) in [7, 11) is 0. The van der Waals surface area contributed by atoms with Gasteiger partial charge in [-0.3, -0.25) is 15.6 Å². The van der Waals surface area contributed by atoms with E-state index in [4.69, 9.17) is 12.2 Å². The van der Waals surface area contributed by atoms with E-state index in [9.17, 15) is 4.79 Å².